The van der Waals surface area contributed by atoms with E-state index in [9.17, 15) is 0 Å². The van der Waals surface area contributed by atoms with Gasteiger partial charge in [-0.1, -0.05) is 23.3 Å². The average molecular weight is 233 g/mol. The highest BCUT2D eigenvalue weighted by Gasteiger charge is 2.14. The van der Waals surface area contributed by atoms with Gasteiger partial charge < -0.3 is 4.90 Å². The van der Waals surface area contributed by atoms with Crippen LogP contribution in [0.25, 0.3) is 0 Å². The molecule has 1 aromatic carbocycles. The van der Waals surface area contributed by atoms with Gasteiger partial charge >= 0.3 is 0 Å². The molecule has 16 heavy (non-hydrogen) atoms. The Morgan fingerprint density at radius 1 is 1.44 bits per heavy atom. The molecule has 0 fully saturated rings. The molecule has 1 aliphatic rings. The van der Waals surface area contributed by atoms with Gasteiger partial charge in [0.05, 0.1) is 11.3 Å². The van der Waals surface area contributed by atoms with E-state index in [1.165, 1.54) is 5.57 Å². The predicted octanol–water partition coefficient (Wildman–Crippen LogP) is 3.37. The maximum absolute atomic E-state index is 9.07. The van der Waals surface area contributed by atoms with Gasteiger partial charge in [0, 0.05) is 18.1 Å². The zero-order chi connectivity index (χ0) is 11.5. The number of nitriles is 1. The standard InChI is InChI=1S/C13H13ClN2/c1-10-3-2-6-16(9-10)13-7-12(14)5-4-11(13)8-15/h3-5,7H,2,6,9H2,1H3. The summed E-state index contributed by atoms with van der Waals surface area (Å²) in [6, 6.07) is 7.63. The summed E-state index contributed by atoms with van der Waals surface area (Å²) in [6.07, 6.45) is 3.27. The van der Waals surface area contributed by atoms with Crippen LogP contribution in [-0.2, 0) is 0 Å². The van der Waals surface area contributed by atoms with Crippen LogP contribution < -0.4 is 4.90 Å². The largest absolute Gasteiger partial charge is 0.366 e. The van der Waals surface area contributed by atoms with Crippen molar-refractivity contribution in [2.45, 2.75) is 13.3 Å². The van der Waals surface area contributed by atoms with Gasteiger partial charge in [0.25, 0.3) is 0 Å². The minimum Gasteiger partial charge on any atom is -0.366 e. The van der Waals surface area contributed by atoms with E-state index in [0.717, 1.165) is 25.2 Å². The molecule has 0 radical (unpaired) electrons. The molecular weight excluding hydrogens is 220 g/mol. The van der Waals surface area contributed by atoms with Crippen LogP contribution in [0.4, 0.5) is 5.69 Å². The van der Waals surface area contributed by atoms with E-state index < -0.39 is 0 Å². The molecule has 0 unspecified atom stereocenters. The molecule has 2 rings (SSSR count). The van der Waals surface area contributed by atoms with E-state index in [-0.39, 0.29) is 0 Å². The van der Waals surface area contributed by atoms with Crippen LogP contribution in [0.1, 0.15) is 18.9 Å². The normalized spacial score (nSPS) is 15.6. The third-order valence-corrected chi connectivity index (χ3v) is 2.99. The van der Waals surface area contributed by atoms with Crippen LogP contribution in [0.5, 0.6) is 0 Å². The average Bonchev–Trinajstić information content (AvgIpc) is 2.29. The molecule has 1 heterocycles. The lowest BCUT2D eigenvalue weighted by Crippen LogP contribution is -2.29. The molecule has 0 spiro atoms. The number of nitrogens with zero attached hydrogens (tertiary/aromatic N) is 2. The van der Waals surface area contributed by atoms with Crippen LogP contribution >= 0.6 is 11.6 Å². The maximum Gasteiger partial charge on any atom is 0.101 e. The maximum atomic E-state index is 9.07. The van der Waals surface area contributed by atoms with E-state index in [4.69, 9.17) is 16.9 Å². The van der Waals surface area contributed by atoms with Crippen molar-refractivity contribution in [2.75, 3.05) is 18.0 Å². The van der Waals surface area contributed by atoms with Crippen LogP contribution in [0, 0.1) is 11.3 Å². The number of anilines is 1. The minimum atomic E-state index is 0.682. The van der Waals surface area contributed by atoms with Gasteiger partial charge in [-0.05, 0) is 31.5 Å². The highest BCUT2D eigenvalue weighted by Crippen LogP contribution is 2.26. The second-order valence-corrected chi connectivity index (χ2v) is 4.47. The Morgan fingerprint density at radius 3 is 2.94 bits per heavy atom. The summed E-state index contributed by atoms with van der Waals surface area (Å²) in [4.78, 5) is 2.21. The summed E-state index contributed by atoms with van der Waals surface area (Å²) in [5, 5.41) is 9.75. The zero-order valence-corrected chi connectivity index (χ0v) is 9.96. The molecule has 3 heteroatoms. The fraction of sp³-hybridized carbons (Fsp3) is 0.308. The molecule has 0 aliphatic carbocycles. The summed E-state index contributed by atoms with van der Waals surface area (Å²) in [7, 11) is 0. The molecule has 0 aromatic heterocycles. The third kappa shape index (κ3) is 2.20. The minimum absolute atomic E-state index is 0.682. The second kappa shape index (κ2) is 4.59. The van der Waals surface area contributed by atoms with Crippen LogP contribution in [0.3, 0.4) is 0 Å². The third-order valence-electron chi connectivity index (χ3n) is 2.75. The Labute approximate surface area is 101 Å². The molecule has 1 aromatic rings. The lowest BCUT2D eigenvalue weighted by atomic mass is 10.1. The van der Waals surface area contributed by atoms with Crippen molar-refractivity contribution in [1.29, 1.82) is 5.26 Å². The van der Waals surface area contributed by atoms with Gasteiger partial charge in [-0.25, -0.2) is 0 Å². The first kappa shape index (κ1) is 11.0. The number of rotatable bonds is 1. The Hall–Kier alpha value is -1.46. The SMILES string of the molecule is CC1=CCCN(c2cc(Cl)ccc2C#N)C1. The first-order valence-corrected chi connectivity index (χ1v) is 5.69. The lowest BCUT2D eigenvalue weighted by molar-refractivity contribution is 0.790. The molecule has 0 amide bonds. The number of benzene rings is 1. The molecule has 82 valence electrons. The molecule has 0 N–H and O–H groups in total. The zero-order valence-electron chi connectivity index (χ0n) is 9.20. The molecular formula is C13H13ClN2. The summed E-state index contributed by atoms with van der Waals surface area (Å²) in [6.45, 7) is 3.95. The van der Waals surface area contributed by atoms with E-state index in [1.807, 2.05) is 6.07 Å². The molecule has 1 aliphatic heterocycles. The van der Waals surface area contributed by atoms with Crippen molar-refractivity contribution in [1.82, 2.24) is 0 Å². The quantitative estimate of drug-likeness (QED) is 0.695. The molecule has 0 atom stereocenters. The van der Waals surface area contributed by atoms with Crippen molar-refractivity contribution in [3.05, 3.63) is 40.4 Å². The Morgan fingerprint density at radius 2 is 2.25 bits per heavy atom. The van der Waals surface area contributed by atoms with Gasteiger partial charge in [0.2, 0.25) is 0 Å². The van der Waals surface area contributed by atoms with Crippen LogP contribution in [-0.4, -0.2) is 13.1 Å². The Bertz CT molecular complexity index is 471. The topological polar surface area (TPSA) is 27.0 Å². The van der Waals surface area contributed by atoms with Crippen molar-refractivity contribution in [3.63, 3.8) is 0 Å². The summed E-state index contributed by atoms with van der Waals surface area (Å²) in [5.74, 6) is 0. The van der Waals surface area contributed by atoms with E-state index in [0.29, 0.717) is 10.6 Å². The number of hydrogen-bond acceptors (Lipinski definition) is 2. The monoisotopic (exact) mass is 232 g/mol. The summed E-state index contributed by atoms with van der Waals surface area (Å²) in [5.41, 5.74) is 2.98. The molecule has 0 bridgehead atoms. The highest BCUT2D eigenvalue weighted by molar-refractivity contribution is 6.30. The summed E-state index contributed by atoms with van der Waals surface area (Å²) >= 11 is 5.98. The Balaban J connectivity index is 2.36. The first-order valence-electron chi connectivity index (χ1n) is 5.31. The van der Waals surface area contributed by atoms with E-state index >= 15 is 0 Å². The van der Waals surface area contributed by atoms with E-state index in [2.05, 4.69) is 24.0 Å². The van der Waals surface area contributed by atoms with Gasteiger partial charge in [-0.2, -0.15) is 5.26 Å². The van der Waals surface area contributed by atoms with Crippen molar-refractivity contribution in [3.8, 4) is 6.07 Å². The van der Waals surface area contributed by atoms with Gasteiger partial charge in [0.1, 0.15) is 6.07 Å². The second-order valence-electron chi connectivity index (χ2n) is 4.03. The van der Waals surface area contributed by atoms with E-state index in [1.54, 1.807) is 12.1 Å². The highest BCUT2D eigenvalue weighted by atomic mass is 35.5. The summed E-state index contributed by atoms with van der Waals surface area (Å²) < 4.78 is 0. The number of hydrogen-bond donors (Lipinski definition) is 0. The smallest absolute Gasteiger partial charge is 0.101 e. The number of halogens is 1. The van der Waals surface area contributed by atoms with Gasteiger partial charge in [0.15, 0.2) is 0 Å². The van der Waals surface area contributed by atoms with Crippen molar-refractivity contribution in [2.24, 2.45) is 0 Å². The predicted molar refractivity (Wildman–Crippen MR) is 66.8 cm³/mol. The van der Waals surface area contributed by atoms with Crippen molar-refractivity contribution < 1.29 is 0 Å². The van der Waals surface area contributed by atoms with Crippen LogP contribution in [0.15, 0.2) is 29.8 Å². The molecule has 0 saturated heterocycles. The van der Waals surface area contributed by atoms with Crippen LogP contribution in [0.2, 0.25) is 5.02 Å². The lowest BCUT2D eigenvalue weighted by Gasteiger charge is -2.29. The fourth-order valence-corrected chi connectivity index (χ4v) is 2.14. The fourth-order valence-electron chi connectivity index (χ4n) is 1.98. The molecule has 2 nitrogen and oxygen atoms in total. The van der Waals surface area contributed by atoms with Gasteiger partial charge in [-0.15, -0.1) is 0 Å². The molecule has 0 saturated carbocycles. The Kier molecular flexibility index (Phi) is 3.17. The van der Waals surface area contributed by atoms with Gasteiger partial charge in [-0.3, -0.25) is 0 Å². The first-order chi connectivity index (χ1) is 7.70. The van der Waals surface area contributed by atoms with Crippen molar-refractivity contribution >= 4 is 17.3 Å².